The Labute approximate surface area is 162 Å². The third-order valence-electron chi connectivity index (χ3n) is 4.57. The first kappa shape index (κ1) is 19.8. The molecular formula is C17H20ClNO7S. The van der Waals surface area contributed by atoms with Gasteiger partial charge < -0.3 is 19.1 Å². The molecular weight excluding hydrogens is 398 g/mol. The van der Waals surface area contributed by atoms with Gasteiger partial charge in [0.2, 0.25) is 6.79 Å². The zero-order valence-electron chi connectivity index (χ0n) is 14.9. The molecule has 1 aromatic rings. The van der Waals surface area contributed by atoms with Gasteiger partial charge >= 0.3 is 5.97 Å². The molecule has 0 aliphatic carbocycles. The van der Waals surface area contributed by atoms with Crippen molar-refractivity contribution in [2.45, 2.75) is 32.4 Å². The van der Waals surface area contributed by atoms with Crippen molar-refractivity contribution in [3.8, 4) is 11.5 Å². The summed E-state index contributed by atoms with van der Waals surface area (Å²) >= 11 is 6.06. The van der Waals surface area contributed by atoms with Crippen LogP contribution in [-0.2, 0) is 19.4 Å². The second-order valence-electron chi connectivity index (χ2n) is 6.42. The average Bonchev–Trinajstić information content (AvgIpc) is 3.21. The first-order valence-electron chi connectivity index (χ1n) is 8.53. The largest absolute Gasteiger partial charge is 0.454 e. The van der Waals surface area contributed by atoms with Crippen molar-refractivity contribution in [1.82, 2.24) is 4.90 Å². The van der Waals surface area contributed by atoms with Crippen molar-refractivity contribution in [3.63, 3.8) is 0 Å². The monoisotopic (exact) mass is 417 g/mol. The van der Waals surface area contributed by atoms with Gasteiger partial charge in [-0.2, -0.15) is 0 Å². The minimum Gasteiger partial charge on any atom is -0.454 e. The van der Waals surface area contributed by atoms with Crippen LogP contribution in [-0.4, -0.2) is 62.2 Å². The number of carbonyl (C=O) groups excluding carboxylic acids is 2. The van der Waals surface area contributed by atoms with Gasteiger partial charge in [0.15, 0.2) is 27.4 Å². The van der Waals surface area contributed by atoms with Crippen LogP contribution >= 0.6 is 11.6 Å². The van der Waals surface area contributed by atoms with E-state index in [0.29, 0.717) is 24.5 Å². The van der Waals surface area contributed by atoms with Crippen molar-refractivity contribution in [2.24, 2.45) is 0 Å². The van der Waals surface area contributed by atoms with E-state index in [4.69, 9.17) is 25.8 Å². The fourth-order valence-corrected chi connectivity index (χ4v) is 5.21. The van der Waals surface area contributed by atoms with Gasteiger partial charge in [-0.05, 0) is 32.4 Å². The molecule has 2 aliphatic heterocycles. The number of amides is 1. The lowest BCUT2D eigenvalue weighted by Crippen LogP contribution is -2.46. The molecule has 0 bridgehead atoms. The third kappa shape index (κ3) is 4.14. The minimum absolute atomic E-state index is 0.0121. The molecule has 2 aliphatic rings. The standard InChI is InChI=1S/C17H20ClNO7S/c1-3-19(12-4-5-27(22,23)8-12)16(20)10(2)26-17(21)11-6-13(18)15-14(7-11)24-9-25-15/h6-7,10,12H,3-5,8-9H2,1-2H3/t10-,12+/m0/s1. The van der Waals surface area contributed by atoms with Gasteiger partial charge in [-0.25, -0.2) is 13.2 Å². The fraction of sp³-hybridized carbons (Fsp3) is 0.529. The van der Waals surface area contributed by atoms with Crippen LogP contribution in [0.25, 0.3) is 0 Å². The number of nitrogens with zero attached hydrogens (tertiary/aromatic N) is 1. The molecule has 8 nitrogen and oxygen atoms in total. The van der Waals surface area contributed by atoms with E-state index in [0.717, 1.165) is 0 Å². The highest BCUT2D eigenvalue weighted by atomic mass is 35.5. The second-order valence-corrected chi connectivity index (χ2v) is 9.06. The van der Waals surface area contributed by atoms with E-state index in [1.54, 1.807) is 6.92 Å². The molecule has 0 radical (unpaired) electrons. The van der Waals surface area contributed by atoms with Crippen LogP contribution in [0.1, 0.15) is 30.6 Å². The number of likely N-dealkylation sites (N-methyl/N-ethyl adjacent to an activating group) is 1. The van der Waals surface area contributed by atoms with Gasteiger partial charge in [0.05, 0.1) is 22.1 Å². The Morgan fingerprint density at radius 3 is 2.74 bits per heavy atom. The van der Waals surface area contributed by atoms with Crippen LogP contribution in [0.3, 0.4) is 0 Å². The molecule has 1 fully saturated rings. The minimum atomic E-state index is -3.13. The molecule has 2 heterocycles. The molecule has 27 heavy (non-hydrogen) atoms. The topological polar surface area (TPSA) is 99.2 Å². The Kier molecular flexibility index (Phi) is 5.53. The number of sulfone groups is 1. The number of halogens is 1. The summed E-state index contributed by atoms with van der Waals surface area (Å²) in [6, 6.07) is 2.43. The van der Waals surface area contributed by atoms with Gasteiger partial charge in [0.1, 0.15) is 0 Å². The van der Waals surface area contributed by atoms with Crippen molar-refractivity contribution < 1.29 is 32.2 Å². The Bertz CT molecular complexity index is 870. The Morgan fingerprint density at radius 1 is 1.37 bits per heavy atom. The highest BCUT2D eigenvalue weighted by molar-refractivity contribution is 7.91. The predicted octanol–water partition coefficient (Wildman–Crippen LogP) is 1.65. The maximum absolute atomic E-state index is 12.7. The van der Waals surface area contributed by atoms with Crippen LogP contribution < -0.4 is 9.47 Å². The summed E-state index contributed by atoms with van der Waals surface area (Å²) in [5.41, 5.74) is 0.135. The lowest BCUT2D eigenvalue weighted by Gasteiger charge is -2.29. The summed E-state index contributed by atoms with van der Waals surface area (Å²) < 4.78 is 39.0. The van der Waals surface area contributed by atoms with Gasteiger partial charge in [0.25, 0.3) is 5.91 Å². The average molecular weight is 418 g/mol. The van der Waals surface area contributed by atoms with Crippen LogP contribution in [0.15, 0.2) is 12.1 Å². The van der Waals surface area contributed by atoms with E-state index < -0.39 is 33.9 Å². The van der Waals surface area contributed by atoms with E-state index in [-0.39, 0.29) is 28.9 Å². The lowest BCUT2D eigenvalue weighted by atomic mass is 10.2. The van der Waals surface area contributed by atoms with E-state index in [1.807, 2.05) is 0 Å². The molecule has 3 rings (SSSR count). The van der Waals surface area contributed by atoms with Crippen LogP contribution in [0.4, 0.5) is 0 Å². The fourth-order valence-electron chi connectivity index (χ4n) is 3.21. The summed E-state index contributed by atoms with van der Waals surface area (Å²) in [4.78, 5) is 26.5. The summed E-state index contributed by atoms with van der Waals surface area (Å²) in [5.74, 6) is -0.473. The summed E-state index contributed by atoms with van der Waals surface area (Å²) in [6.45, 7) is 3.56. The Balaban J connectivity index is 1.69. The van der Waals surface area contributed by atoms with E-state index in [1.165, 1.54) is 24.0 Å². The van der Waals surface area contributed by atoms with E-state index >= 15 is 0 Å². The van der Waals surface area contributed by atoms with E-state index in [2.05, 4.69) is 0 Å². The number of hydrogen-bond acceptors (Lipinski definition) is 7. The molecule has 0 spiro atoms. The normalized spacial score (nSPS) is 20.9. The van der Waals surface area contributed by atoms with Gasteiger partial charge in [0, 0.05) is 12.6 Å². The number of rotatable bonds is 5. The van der Waals surface area contributed by atoms with Crippen LogP contribution in [0.5, 0.6) is 11.5 Å². The van der Waals surface area contributed by atoms with Crippen LogP contribution in [0.2, 0.25) is 5.02 Å². The molecule has 10 heteroatoms. The molecule has 1 amide bonds. The van der Waals surface area contributed by atoms with Crippen LogP contribution in [0, 0.1) is 0 Å². The summed E-state index contributed by atoms with van der Waals surface area (Å²) in [6.07, 6.45) is -0.676. The number of fused-ring (bicyclic) bond motifs is 1. The molecule has 0 unspecified atom stereocenters. The zero-order chi connectivity index (χ0) is 19.8. The maximum Gasteiger partial charge on any atom is 0.339 e. The smallest absolute Gasteiger partial charge is 0.339 e. The number of ether oxygens (including phenoxy) is 3. The second kappa shape index (κ2) is 7.55. The molecule has 0 aromatic heterocycles. The maximum atomic E-state index is 12.7. The number of benzene rings is 1. The first-order chi connectivity index (χ1) is 12.7. The van der Waals surface area contributed by atoms with Crippen molar-refractivity contribution >= 4 is 33.3 Å². The molecule has 1 saturated heterocycles. The molecule has 148 valence electrons. The number of hydrogen-bond donors (Lipinski definition) is 0. The summed E-state index contributed by atoms with van der Waals surface area (Å²) in [5, 5.41) is 0.210. The zero-order valence-corrected chi connectivity index (χ0v) is 16.5. The molecule has 2 atom stereocenters. The molecule has 0 saturated carbocycles. The Morgan fingerprint density at radius 2 is 2.11 bits per heavy atom. The highest BCUT2D eigenvalue weighted by Crippen LogP contribution is 2.40. The first-order valence-corrected chi connectivity index (χ1v) is 10.7. The Hall–Kier alpha value is -2.00. The van der Waals surface area contributed by atoms with Crippen molar-refractivity contribution in [1.29, 1.82) is 0 Å². The third-order valence-corrected chi connectivity index (χ3v) is 6.60. The lowest BCUT2D eigenvalue weighted by molar-refractivity contribution is -0.141. The SMILES string of the molecule is CCN(C(=O)[C@H](C)OC(=O)c1cc(Cl)c2c(c1)OCO2)[C@@H]1CCS(=O)(=O)C1. The molecule has 0 N–H and O–H groups in total. The summed E-state index contributed by atoms with van der Waals surface area (Å²) in [7, 11) is -3.13. The highest BCUT2D eigenvalue weighted by Gasteiger charge is 2.36. The predicted molar refractivity (Wildman–Crippen MR) is 96.9 cm³/mol. The van der Waals surface area contributed by atoms with Gasteiger partial charge in [-0.15, -0.1) is 0 Å². The molecule has 1 aromatic carbocycles. The quantitative estimate of drug-likeness (QED) is 0.671. The van der Waals surface area contributed by atoms with E-state index in [9.17, 15) is 18.0 Å². The van der Waals surface area contributed by atoms with Gasteiger partial charge in [-0.1, -0.05) is 11.6 Å². The van der Waals surface area contributed by atoms with Gasteiger partial charge in [-0.3, -0.25) is 4.79 Å². The van der Waals surface area contributed by atoms with Crippen molar-refractivity contribution in [3.05, 3.63) is 22.7 Å². The number of carbonyl (C=O) groups is 2. The number of esters is 1. The van der Waals surface area contributed by atoms with Crippen molar-refractivity contribution in [2.75, 3.05) is 24.8 Å².